The highest BCUT2D eigenvalue weighted by molar-refractivity contribution is 7.90. The highest BCUT2D eigenvalue weighted by atomic mass is 32.2. The first-order valence-corrected chi connectivity index (χ1v) is 5.34. The van der Waals surface area contributed by atoms with Crippen LogP contribution in [0.1, 0.15) is 5.69 Å². The van der Waals surface area contributed by atoms with Crippen molar-refractivity contribution in [3.05, 3.63) is 5.69 Å². The van der Waals surface area contributed by atoms with Crippen molar-refractivity contribution in [2.24, 2.45) is 22.9 Å². The molecule has 9 heteroatoms. The number of guanidine groups is 1. The van der Waals surface area contributed by atoms with E-state index < -0.39 is 16.0 Å². The summed E-state index contributed by atoms with van der Waals surface area (Å²) in [4.78, 5) is -0.168. The quantitative estimate of drug-likeness (QED) is 0.408. The van der Waals surface area contributed by atoms with Gasteiger partial charge in [0, 0.05) is 7.05 Å². The van der Waals surface area contributed by atoms with Crippen LogP contribution in [0.3, 0.4) is 0 Å². The molecule has 1 aromatic rings. The van der Waals surface area contributed by atoms with Crippen molar-refractivity contribution in [3.63, 3.8) is 0 Å². The minimum absolute atomic E-state index is 0.125. The summed E-state index contributed by atoms with van der Waals surface area (Å²) in [7, 11) is -2.40. The highest BCUT2D eigenvalue weighted by Crippen LogP contribution is 2.22. The summed E-state index contributed by atoms with van der Waals surface area (Å²) in [5.74, 6) is -0.669. The molecule has 15 heavy (non-hydrogen) atoms. The van der Waals surface area contributed by atoms with Crippen LogP contribution < -0.4 is 17.2 Å². The lowest BCUT2D eigenvalue weighted by atomic mass is 10.5. The van der Waals surface area contributed by atoms with Crippen LogP contribution in [-0.2, 0) is 17.1 Å². The molecule has 0 fully saturated rings. The van der Waals surface area contributed by atoms with Crippen LogP contribution in [0.25, 0.3) is 0 Å². The molecule has 0 aliphatic heterocycles. The minimum atomic E-state index is -3.97. The topological polar surface area (TPSA) is 142 Å². The summed E-state index contributed by atoms with van der Waals surface area (Å²) < 4.78 is 27.7. The third-order valence-corrected chi connectivity index (χ3v) is 3.26. The van der Waals surface area contributed by atoms with E-state index in [4.69, 9.17) is 17.2 Å². The number of nitrogen functional groups attached to an aromatic ring is 1. The Bertz CT molecular complexity index is 510. The van der Waals surface area contributed by atoms with Gasteiger partial charge in [0.25, 0.3) is 10.0 Å². The number of aryl methyl sites for hydroxylation is 1. The SMILES string of the molecule is Cc1c(S(=O)(=O)N=C(N)N)c(N)nn1C. The number of aromatic nitrogens is 2. The van der Waals surface area contributed by atoms with Gasteiger partial charge in [0.1, 0.15) is 0 Å². The van der Waals surface area contributed by atoms with Crippen molar-refractivity contribution in [1.29, 1.82) is 0 Å². The molecule has 0 aromatic carbocycles. The predicted octanol–water partition coefficient (Wildman–Crippen LogP) is -1.73. The first kappa shape index (κ1) is 11.3. The average molecular weight is 232 g/mol. The Labute approximate surface area is 86.8 Å². The first-order valence-electron chi connectivity index (χ1n) is 3.90. The van der Waals surface area contributed by atoms with E-state index in [2.05, 4.69) is 9.50 Å². The summed E-state index contributed by atoms with van der Waals surface area (Å²) in [6, 6.07) is 0. The van der Waals surface area contributed by atoms with Crippen LogP contribution in [0.2, 0.25) is 0 Å². The molecule has 0 saturated carbocycles. The van der Waals surface area contributed by atoms with Gasteiger partial charge in [-0.15, -0.1) is 4.40 Å². The molecular formula is C6H12N6O2S. The lowest BCUT2D eigenvalue weighted by Crippen LogP contribution is -2.24. The van der Waals surface area contributed by atoms with Gasteiger partial charge in [0.15, 0.2) is 10.7 Å². The second kappa shape index (κ2) is 3.42. The summed E-state index contributed by atoms with van der Waals surface area (Å²) in [5.41, 5.74) is 15.8. The number of anilines is 1. The smallest absolute Gasteiger partial charge is 0.291 e. The van der Waals surface area contributed by atoms with Gasteiger partial charge in [-0.1, -0.05) is 0 Å². The van der Waals surface area contributed by atoms with Crippen molar-refractivity contribution in [3.8, 4) is 0 Å². The van der Waals surface area contributed by atoms with Gasteiger partial charge in [-0.2, -0.15) is 13.5 Å². The Kier molecular flexibility index (Phi) is 2.58. The largest absolute Gasteiger partial charge is 0.381 e. The molecule has 6 N–H and O–H groups in total. The molecule has 1 heterocycles. The van der Waals surface area contributed by atoms with Gasteiger partial charge in [-0.25, -0.2) is 0 Å². The zero-order chi connectivity index (χ0) is 11.8. The van der Waals surface area contributed by atoms with Crippen LogP contribution in [0, 0.1) is 6.92 Å². The van der Waals surface area contributed by atoms with E-state index >= 15 is 0 Å². The normalized spacial score (nSPS) is 11.3. The fourth-order valence-electron chi connectivity index (χ4n) is 1.12. The maximum Gasteiger partial charge on any atom is 0.291 e. The first-order chi connectivity index (χ1) is 6.75. The van der Waals surface area contributed by atoms with Crippen molar-refractivity contribution >= 4 is 21.8 Å². The van der Waals surface area contributed by atoms with Gasteiger partial charge in [0.05, 0.1) is 5.69 Å². The van der Waals surface area contributed by atoms with Gasteiger partial charge in [-0.05, 0) is 6.92 Å². The molecule has 0 amide bonds. The lowest BCUT2D eigenvalue weighted by molar-refractivity contribution is 0.597. The molecule has 0 unspecified atom stereocenters. The molecule has 8 nitrogen and oxygen atoms in total. The summed E-state index contributed by atoms with van der Waals surface area (Å²) >= 11 is 0. The molecular weight excluding hydrogens is 220 g/mol. The second-order valence-corrected chi connectivity index (χ2v) is 4.46. The molecule has 0 bridgehead atoms. The van der Waals surface area contributed by atoms with Crippen LogP contribution in [-0.4, -0.2) is 24.2 Å². The van der Waals surface area contributed by atoms with Gasteiger partial charge >= 0.3 is 0 Å². The van der Waals surface area contributed by atoms with Crippen LogP contribution in [0.4, 0.5) is 5.82 Å². The molecule has 0 saturated heterocycles. The molecule has 1 aromatic heterocycles. The van der Waals surface area contributed by atoms with Crippen molar-refractivity contribution in [1.82, 2.24) is 9.78 Å². The molecule has 0 spiro atoms. The molecule has 0 radical (unpaired) electrons. The number of rotatable bonds is 2. The number of nitrogens with zero attached hydrogens (tertiary/aromatic N) is 3. The molecule has 1 rings (SSSR count). The van der Waals surface area contributed by atoms with Gasteiger partial charge < -0.3 is 17.2 Å². The predicted molar refractivity (Wildman–Crippen MR) is 55.4 cm³/mol. The van der Waals surface area contributed by atoms with E-state index in [0.717, 1.165) is 0 Å². The fourth-order valence-corrected chi connectivity index (χ4v) is 2.30. The third kappa shape index (κ3) is 2.01. The average Bonchev–Trinajstić information content (AvgIpc) is 2.23. The van der Waals surface area contributed by atoms with Gasteiger partial charge in [0.2, 0.25) is 5.96 Å². The van der Waals surface area contributed by atoms with E-state index in [1.165, 1.54) is 4.68 Å². The van der Waals surface area contributed by atoms with Crippen LogP contribution in [0.15, 0.2) is 9.29 Å². The summed E-state index contributed by atoms with van der Waals surface area (Å²) in [6.07, 6.45) is 0. The second-order valence-electron chi connectivity index (χ2n) is 2.91. The third-order valence-electron chi connectivity index (χ3n) is 1.79. The Morgan fingerprint density at radius 2 is 2.00 bits per heavy atom. The maximum atomic E-state index is 11.6. The van der Waals surface area contributed by atoms with E-state index in [1.54, 1.807) is 14.0 Å². The maximum absolute atomic E-state index is 11.6. The monoisotopic (exact) mass is 232 g/mol. The summed E-state index contributed by atoms with van der Waals surface area (Å²) in [6.45, 7) is 1.55. The zero-order valence-electron chi connectivity index (χ0n) is 8.30. The highest BCUT2D eigenvalue weighted by Gasteiger charge is 2.24. The molecule has 84 valence electrons. The van der Waals surface area contributed by atoms with E-state index in [0.29, 0.717) is 5.69 Å². The lowest BCUT2D eigenvalue weighted by Gasteiger charge is -1.98. The summed E-state index contributed by atoms with van der Waals surface area (Å²) in [5, 5.41) is 3.75. The van der Waals surface area contributed by atoms with Crippen molar-refractivity contribution in [2.75, 3.05) is 5.73 Å². The van der Waals surface area contributed by atoms with Crippen LogP contribution >= 0.6 is 0 Å². The fraction of sp³-hybridized carbons (Fsp3) is 0.333. The Morgan fingerprint density at radius 1 is 1.47 bits per heavy atom. The van der Waals surface area contributed by atoms with Crippen molar-refractivity contribution < 1.29 is 8.42 Å². The van der Waals surface area contributed by atoms with Gasteiger partial charge in [-0.3, -0.25) is 4.68 Å². The number of hydrogen-bond donors (Lipinski definition) is 3. The Hall–Kier alpha value is -1.77. The Morgan fingerprint density at radius 3 is 2.33 bits per heavy atom. The molecule has 0 aliphatic rings. The zero-order valence-corrected chi connectivity index (χ0v) is 9.11. The number of nitrogens with two attached hydrogens (primary N) is 3. The molecule has 0 aliphatic carbocycles. The van der Waals surface area contributed by atoms with Crippen molar-refractivity contribution in [2.45, 2.75) is 11.8 Å². The van der Waals surface area contributed by atoms with E-state index in [-0.39, 0.29) is 10.7 Å². The van der Waals surface area contributed by atoms with Crippen LogP contribution in [0.5, 0.6) is 0 Å². The Balaban J connectivity index is 3.47. The minimum Gasteiger partial charge on any atom is -0.381 e. The van der Waals surface area contributed by atoms with E-state index in [9.17, 15) is 8.42 Å². The van der Waals surface area contributed by atoms with E-state index in [1.807, 2.05) is 0 Å². The standard InChI is InChI=1S/C6H12N6O2S/c1-3-4(5(7)10-12(3)2)15(13,14)11-6(8)9/h1-2H3,(H2,7,10)(H4,8,9,11). The molecule has 0 atom stereocenters. The number of sulfonamides is 1. The number of hydrogen-bond acceptors (Lipinski definition) is 4.